The zero-order valence-corrected chi connectivity index (χ0v) is 10.6. The topological polar surface area (TPSA) is 79.5 Å². The van der Waals surface area contributed by atoms with Gasteiger partial charge in [0.05, 0.1) is 11.1 Å². The van der Waals surface area contributed by atoms with Crippen molar-refractivity contribution in [1.29, 1.82) is 0 Å². The average Bonchev–Trinajstić information content (AvgIpc) is 2.66. The van der Waals surface area contributed by atoms with Crippen molar-refractivity contribution in [2.24, 2.45) is 5.41 Å². The van der Waals surface area contributed by atoms with Crippen molar-refractivity contribution in [1.82, 2.24) is 14.6 Å². The maximum absolute atomic E-state index is 11.0. The van der Waals surface area contributed by atoms with Crippen LogP contribution in [0.5, 0.6) is 0 Å². The van der Waals surface area contributed by atoms with Gasteiger partial charge in [0.2, 0.25) is 0 Å². The zero-order chi connectivity index (χ0) is 13.3. The van der Waals surface area contributed by atoms with Gasteiger partial charge in [0.1, 0.15) is 5.52 Å². The highest BCUT2D eigenvalue weighted by atomic mass is 16.4. The van der Waals surface area contributed by atoms with Gasteiger partial charge in [0.25, 0.3) is 0 Å². The van der Waals surface area contributed by atoms with Crippen LogP contribution >= 0.6 is 0 Å². The van der Waals surface area contributed by atoms with E-state index in [1.807, 2.05) is 13.0 Å². The molecule has 18 heavy (non-hydrogen) atoms. The van der Waals surface area contributed by atoms with E-state index in [2.05, 4.69) is 15.4 Å². The molecule has 0 aliphatic carbocycles. The minimum Gasteiger partial charge on any atom is -0.481 e. The highest BCUT2D eigenvalue weighted by Crippen LogP contribution is 2.19. The van der Waals surface area contributed by atoms with Crippen molar-refractivity contribution in [2.45, 2.75) is 20.8 Å². The van der Waals surface area contributed by atoms with E-state index in [1.165, 1.54) is 0 Å². The molecule has 0 amide bonds. The Bertz CT molecular complexity index is 589. The molecule has 0 saturated carbocycles. The van der Waals surface area contributed by atoms with Gasteiger partial charge in [-0.25, -0.2) is 9.50 Å². The molecule has 2 aromatic heterocycles. The first-order valence-electron chi connectivity index (χ1n) is 5.68. The average molecular weight is 248 g/mol. The molecule has 6 nitrogen and oxygen atoms in total. The van der Waals surface area contributed by atoms with E-state index in [1.54, 1.807) is 30.8 Å². The molecule has 2 rings (SSSR count). The first kappa shape index (κ1) is 12.3. The Morgan fingerprint density at radius 1 is 1.56 bits per heavy atom. The molecular formula is C12H16N4O2. The van der Waals surface area contributed by atoms with Crippen LogP contribution in [-0.2, 0) is 4.79 Å². The number of carboxylic acids is 1. The summed E-state index contributed by atoms with van der Waals surface area (Å²) in [5, 5.41) is 16.4. The summed E-state index contributed by atoms with van der Waals surface area (Å²) in [5.41, 5.74) is 0.892. The van der Waals surface area contributed by atoms with Gasteiger partial charge in [-0.1, -0.05) is 0 Å². The van der Waals surface area contributed by atoms with Gasteiger partial charge in [0, 0.05) is 18.9 Å². The molecule has 2 heterocycles. The number of fused-ring (bicyclic) bond motifs is 1. The molecule has 0 aliphatic rings. The molecular weight excluding hydrogens is 232 g/mol. The van der Waals surface area contributed by atoms with E-state index in [0.717, 1.165) is 11.2 Å². The number of hydrogen-bond acceptors (Lipinski definition) is 4. The standard InChI is InChI=1S/C12H16N4O2/c1-8-6-9-10(13-4-5-16(9)15-8)14-7-12(2,3)11(17)18/h4-6H,7H2,1-3H3,(H,13,14)(H,17,18). The number of hydrogen-bond donors (Lipinski definition) is 2. The highest BCUT2D eigenvalue weighted by molar-refractivity contribution is 5.75. The fourth-order valence-electron chi connectivity index (χ4n) is 1.56. The van der Waals surface area contributed by atoms with E-state index in [-0.39, 0.29) is 0 Å². The molecule has 0 aliphatic heterocycles. The van der Waals surface area contributed by atoms with Crippen molar-refractivity contribution in [3.05, 3.63) is 24.2 Å². The SMILES string of the molecule is Cc1cc2c(NCC(C)(C)C(=O)O)nccn2n1. The number of aromatic nitrogens is 3. The molecule has 0 spiro atoms. The maximum Gasteiger partial charge on any atom is 0.310 e. The van der Waals surface area contributed by atoms with E-state index in [4.69, 9.17) is 5.11 Å². The van der Waals surface area contributed by atoms with Gasteiger partial charge in [-0.2, -0.15) is 5.10 Å². The molecule has 0 aromatic carbocycles. The number of nitrogens with zero attached hydrogens (tertiary/aromatic N) is 3. The summed E-state index contributed by atoms with van der Waals surface area (Å²) in [7, 11) is 0. The number of rotatable bonds is 4. The Hall–Kier alpha value is -2.11. The molecule has 96 valence electrons. The number of aliphatic carboxylic acids is 1. The third kappa shape index (κ3) is 2.27. The van der Waals surface area contributed by atoms with Gasteiger partial charge in [-0.3, -0.25) is 4.79 Å². The van der Waals surface area contributed by atoms with Crippen LogP contribution < -0.4 is 5.32 Å². The summed E-state index contributed by atoms with van der Waals surface area (Å²) in [6.45, 7) is 5.55. The molecule has 0 bridgehead atoms. The lowest BCUT2D eigenvalue weighted by Gasteiger charge is -2.19. The van der Waals surface area contributed by atoms with Crippen LogP contribution in [0.25, 0.3) is 5.52 Å². The molecule has 0 radical (unpaired) electrons. The minimum atomic E-state index is -0.844. The third-order valence-electron chi connectivity index (χ3n) is 2.79. The first-order chi connectivity index (χ1) is 8.40. The number of anilines is 1. The number of carbonyl (C=O) groups is 1. The van der Waals surface area contributed by atoms with Crippen LogP contribution in [0.15, 0.2) is 18.5 Å². The molecule has 0 atom stereocenters. The van der Waals surface area contributed by atoms with Gasteiger partial charge >= 0.3 is 5.97 Å². The number of aryl methyl sites for hydroxylation is 1. The van der Waals surface area contributed by atoms with Gasteiger partial charge in [-0.05, 0) is 26.8 Å². The Morgan fingerprint density at radius 2 is 2.28 bits per heavy atom. The van der Waals surface area contributed by atoms with E-state index in [9.17, 15) is 4.79 Å². The monoisotopic (exact) mass is 248 g/mol. The van der Waals surface area contributed by atoms with Crippen LogP contribution in [0.2, 0.25) is 0 Å². The Labute approximate surface area is 105 Å². The Morgan fingerprint density at radius 3 is 2.94 bits per heavy atom. The van der Waals surface area contributed by atoms with Crippen LogP contribution in [0.4, 0.5) is 5.82 Å². The minimum absolute atomic E-state index is 0.305. The summed E-state index contributed by atoms with van der Waals surface area (Å²) in [6, 6.07) is 1.91. The van der Waals surface area contributed by atoms with Crippen molar-refractivity contribution in [3.63, 3.8) is 0 Å². The third-order valence-corrected chi connectivity index (χ3v) is 2.79. The lowest BCUT2D eigenvalue weighted by molar-refractivity contribution is -0.146. The molecule has 2 aromatic rings. The first-order valence-corrected chi connectivity index (χ1v) is 5.68. The molecule has 0 unspecified atom stereocenters. The second-order valence-electron chi connectivity index (χ2n) is 4.93. The second kappa shape index (κ2) is 4.29. The summed E-state index contributed by atoms with van der Waals surface area (Å²) in [4.78, 5) is 15.2. The normalized spacial score (nSPS) is 11.7. The van der Waals surface area contributed by atoms with Gasteiger partial charge < -0.3 is 10.4 Å². The van der Waals surface area contributed by atoms with Crippen molar-refractivity contribution < 1.29 is 9.90 Å². The predicted octanol–water partition coefficient (Wildman–Crippen LogP) is 1.56. The fourth-order valence-corrected chi connectivity index (χ4v) is 1.56. The fraction of sp³-hybridized carbons (Fsp3) is 0.417. The van der Waals surface area contributed by atoms with E-state index in [0.29, 0.717) is 12.4 Å². The summed E-state index contributed by atoms with van der Waals surface area (Å²) in [6.07, 6.45) is 3.39. The zero-order valence-electron chi connectivity index (χ0n) is 10.6. The molecule has 2 N–H and O–H groups in total. The van der Waals surface area contributed by atoms with Gasteiger partial charge in [0.15, 0.2) is 5.82 Å². The lowest BCUT2D eigenvalue weighted by atomic mass is 9.94. The second-order valence-corrected chi connectivity index (χ2v) is 4.93. The summed E-state index contributed by atoms with van der Waals surface area (Å²) >= 11 is 0. The summed E-state index contributed by atoms with van der Waals surface area (Å²) < 4.78 is 1.72. The predicted molar refractivity (Wildman–Crippen MR) is 67.6 cm³/mol. The number of nitrogens with one attached hydrogen (secondary N) is 1. The van der Waals surface area contributed by atoms with Gasteiger partial charge in [-0.15, -0.1) is 0 Å². The lowest BCUT2D eigenvalue weighted by Crippen LogP contribution is -2.32. The van der Waals surface area contributed by atoms with Crippen LogP contribution in [0.3, 0.4) is 0 Å². The molecule has 0 fully saturated rings. The van der Waals surface area contributed by atoms with Crippen LogP contribution in [0, 0.1) is 12.3 Å². The van der Waals surface area contributed by atoms with Crippen molar-refractivity contribution in [3.8, 4) is 0 Å². The van der Waals surface area contributed by atoms with Crippen LogP contribution in [0.1, 0.15) is 19.5 Å². The maximum atomic E-state index is 11.0. The Balaban J connectivity index is 2.25. The smallest absolute Gasteiger partial charge is 0.310 e. The quantitative estimate of drug-likeness (QED) is 0.858. The summed E-state index contributed by atoms with van der Waals surface area (Å²) in [5.74, 6) is -0.195. The molecule has 6 heteroatoms. The number of carboxylic acid groups (broad SMARTS) is 1. The molecule has 0 saturated heterocycles. The van der Waals surface area contributed by atoms with Crippen LogP contribution in [-0.4, -0.2) is 32.2 Å². The highest BCUT2D eigenvalue weighted by Gasteiger charge is 2.27. The van der Waals surface area contributed by atoms with Crippen molar-refractivity contribution in [2.75, 3.05) is 11.9 Å². The Kier molecular flexibility index (Phi) is 2.94. The van der Waals surface area contributed by atoms with E-state index < -0.39 is 11.4 Å². The van der Waals surface area contributed by atoms with E-state index >= 15 is 0 Å². The largest absolute Gasteiger partial charge is 0.481 e. The van der Waals surface area contributed by atoms with Crippen molar-refractivity contribution >= 4 is 17.3 Å².